The Morgan fingerprint density at radius 1 is 0.327 bits per heavy atom. The Labute approximate surface area is 302 Å². The van der Waals surface area contributed by atoms with E-state index in [-0.39, 0.29) is 0 Å². The molecular formula is C50H33NO. The number of rotatable bonds is 6. The molecule has 0 aliphatic rings. The number of nitrogens with zero attached hydrogens (tertiary/aromatic N) is 1. The number of benzene rings is 9. The summed E-state index contributed by atoms with van der Waals surface area (Å²) in [5.41, 5.74) is 11.8. The van der Waals surface area contributed by atoms with Crippen LogP contribution in [0.15, 0.2) is 205 Å². The van der Waals surface area contributed by atoms with Gasteiger partial charge >= 0.3 is 0 Å². The van der Waals surface area contributed by atoms with Crippen molar-refractivity contribution in [3.05, 3.63) is 200 Å². The van der Waals surface area contributed by atoms with Crippen molar-refractivity contribution in [3.8, 4) is 33.4 Å². The van der Waals surface area contributed by atoms with Gasteiger partial charge in [0.25, 0.3) is 0 Å². The molecule has 0 unspecified atom stereocenters. The molecule has 0 radical (unpaired) electrons. The molecule has 1 heterocycles. The number of furan rings is 1. The minimum Gasteiger partial charge on any atom is -0.455 e. The Balaban J connectivity index is 1.38. The first-order chi connectivity index (χ1) is 25.8. The van der Waals surface area contributed by atoms with Crippen LogP contribution < -0.4 is 4.90 Å². The highest BCUT2D eigenvalue weighted by Crippen LogP contribution is 2.51. The quantitative estimate of drug-likeness (QED) is 0.165. The van der Waals surface area contributed by atoms with Crippen molar-refractivity contribution >= 4 is 60.5 Å². The smallest absolute Gasteiger partial charge is 0.145 e. The van der Waals surface area contributed by atoms with Crippen LogP contribution in [0.1, 0.15) is 0 Å². The average Bonchev–Trinajstić information content (AvgIpc) is 3.62. The van der Waals surface area contributed by atoms with E-state index < -0.39 is 0 Å². The van der Waals surface area contributed by atoms with Gasteiger partial charge in [0.2, 0.25) is 0 Å². The molecule has 0 N–H and O–H groups in total. The number of anilines is 3. The van der Waals surface area contributed by atoms with Crippen LogP contribution in [0, 0.1) is 0 Å². The molecule has 0 atom stereocenters. The lowest BCUT2D eigenvalue weighted by molar-refractivity contribution is 0.670. The Morgan fingerprint density at radius 3 is 1.67 bits per heavy atom. The SMILES string of the molecule is c1ccc(-c2ccc(-c3ccccc3)c(N(c3cccc4ccc5ccccc5c34)c3ccc(-c4ccccc4)c4oc5ccccc5c34)c2)cc1. The molecule has 2 nitrogen and oxygen atoms in total. The van der Waals surface area contributed by atoms with Gasteiger partial charge in [-0.1, -0.05) is 170 Å². The van der Waals surface area contributed by atoms with E-state index in [1.165, 1.54) is 27.1 Å². The van der Waals surface area contributed by atoms with Gasteiger partial charge in [0.15, 0.2) is 0 Å². The largest absolute Gasteiger partial charge is 0.455 e. The van der Waals surface area contributed by atoms with Gasteiger partial charge in [-0.15, -0.1) is 0 Å². The first kappa shape index (κ1) is 30.0. The third-order valence-corrected chi connectivity index (χ3v) is 10.2. The summed E-state index contributed by atoms with van der Waals surface area (Å²) in [6.45, 7) is 0. The Hall–Kier alpha value is -6.90. The van der Waals surface area contributed by atoms with Gasteiger partial charge in [0.1, 0.15) is 11.2 Å². The zero-order valence-corrected chi connectivity index (χ0v) is 28.4. The second-order valence-corrected chi connectivity index (χ2v) is 13.3. The van der Waals surface area contributed by atoms with Crippen LogP contribution in [0.5, 0.6) is 0 Å². The van der Waals surface area contributed by atoms with Crippen molar-refractivity contribution in [1.82, 2.24) is 0 Å². The first-order valence-corrected chi connectivity index (χ1v) is 17.8. The molecule has 0 spiro atoms. The molecule has 0 aliphatic heterocycles. The van der Waals surface area contributed by atoms with Gasteiger partial charge in [0.05, 0.1) is 22.4 Å². The van der Waals surface area contributed by atoms with E-state index in [4.69, 9.17) is 4.42 Å². The van der Waals surface area contributed by atoms with Gasteiger partial charge in [-0.2, -0.15) is 0 Å². The second-order valence-electron chi connectivity index (χ2n) is 13.3. The number of hydrogen-bond donors (Lipinski definition) is 0. The minimum atomic E-state index is 0.867. The van der Waals surface area contributed by atoms with Gasteiger partial charge in [-0.3, -0.25) is 0 Å². The van der Waals surface area contributed by atoms with Crippen LogP contribution in [0.4, 0.5) is 17.1 Å². The standard InChI is InChI=1S/C50H33NO/c1-4-15-34(16-5-1)39-29-30-40(35-17-6-2-7-18-35)46(33-39)51(44-25-14-22-38-28-27-37-21-10-11-23-41(37)48(38)44)45-32-31-42(36-19-8-3-9-20-36)50-49(45)43-24-12-13-26-47(43)52-50/h1-33H. The van der Waals surface area contributed by atoms with Crippen molar-refractivity contribution in [1.29, 1.82) is 0 Å². The fourth-order valence-electron chi connectivity index (χ4n) is 7.85. The van der Waals surface area contributed by atoms with E-state index in [1.54, 1.807) is 0 Å². The molecular weight excluding hydrogens is 631 g/mol. The van der Waals surface area contributed by atoms with Crippen molar-refractivity contribution in [3.63, 3.8) is 0 Å². The predicted molar refractivity (Wildman–Crippen MR) is 220 cm³/mol. The zero-order chi connectivity index (χ0) is 34.4. The van der Waals surface area contributed by atoms with Crippen LogP contribution in [-0.2, 0) is 0 Å². The molecule has 1 aromatic heterocycles. The average molecular weight is 664 g/mol. The maximum Gasteiger partial charge on any atom is 0.145 e. The maximum atomic E-state index is 6.84. The summed E-state index contributed by atoms with van der Waals surface area (Å²) in [5, 5.41) is 6.99. The van der Waals surface area contributed by atoms with E-state index in [2.05, 4.69) is 205 Å². The summed E-state index contributed by atoms with van der Waals surface area (Å²) in [6, 6.07) is 71.7. The molecule has 0 saturated carbocycles. The van der Waals surface area contributed by atoms with E-state index in [0.717, 1.165) is 66.8 Å². The van der Waals surface area contributed by atoms with Crippen molar-refractivity contribution < 1.29 is 4.42 Å². The van der Waals surface area contributed by atoms with Crippen LogP contribution in [0.25, 0.3) is 76.9 Å². The highest BCUT2D eigenvalue weighted by atomic mass is 16.3. The third kappa shape index (κ3) is 4.96. The van der Waals surface area contributed by atoms with Gasteiger partial charge in [-0.25, -0.2) is 0 Å². The molecule has 2 heteroatoms. The molecule has 0 amide bonds. The lowest BCUT2D eigenvalue weighted by Gasteiger charge is -2.31. The lowest BCUT2D eigenvalue weighted by atomic mass is 9.94. The number of hydrogen-bond acceptors (Lipinski definition) is 2. The Morgan fingerprint density at radius 2 is 0.904 bits per heavy atom. The summed E-state index contributed by atoms with van der Waals surface area (Å²) in [5.74, 6) is 0. The van der Waals surface area contributed by atoms with E-state index >= 15 is 0 Å². The van der Waals surface area contributed by atoms with E-state index in [9.17, 15) is 0 Å². The summed E-state index contributed by atoms with van der Waals surface area (Å²) >= 11 is 0. The van der Waals surface area contributed by atoms with Gasteiger partial charge in [-0.05, 0) is 68.7 Å². The summed E-state index contributed by atoms with van der Waals surface area (Å²) < 4.78 is 6.84. The molecule has 10 aromatic rings. The van der Waals surface area contributed by atoms with E-state index in [1.807, 2.05) is 0 Å². The normalized spacial score (nSPS) is 11.5. The second kappa shape index (κ2) is 12.5. The van der Waals surface area contributed by atoms with Crippen molar-refractivity contribution in [2.75, 3.05) is 4.90 Å². The molecule has 9 aromatic carbocycles. The number of para-hydroxylation sites is 1. The predicted octanol–water partition coefficient (Wildman–Crippen LogP) is 14.4. The topological polar surface area (TPSA) is 16.4 Å². The fourth-order valence-corrected chi connectivity index (χ4v) is 7.85. The Kier molecular flexibility index (Phi) is 7.18. The first-order valence-electron chi connectivity index (χ1n) is 17.8. The molecule has 52 heavy (non-hydrogen) atoms. The van der Waals surface area contributed by atoms with Gasteiger partial charge < -0.3 is 9.32 Å². The zero-order valence-electron chi connectivity index (χ0n) is 28.4. The molecule has 0 fully saturated rings. The van der Waals surface area contributed by atoms with Crippen LogP contribution >= 0.6 is 0 Å². The Bertz CT molecular complexity index is 2890. The lowest BCUT2D eigenvalue weighted by Crippen LogP contribution is -2.13. The monoisotopic (exact) mass is 663 g/mol. The molecule has 0 saturated heterocycles. The summed E-state index contributed by atoms with van der Waals surface area (Å²) in [4.78, 5) is 2.49. The molecule has 244 valence electrons. The van der Waals surface area contributed by atoms with Crippen LogP contribution in [-0.4, -0.2) is 0 Å². The van der Waals surface area contributed by atoms with Crippen molar-refractivity contribution in [2.24, 2.45) is 0 Å². The summed E-state index contributed by atoms with van der Waals surface area (Å²) in [6.07, 6.45) is 0. The maximum absolute atomic E-state index is 6.84. The molecule has 0 bridgehead atoms. The van der Waals surface area contributed by atoms with Gasteiger partial charge in [0, 0.05) is 21.9 Å². The molecule has 10 rings (SSSR count). The molecule has 0 aliphatic carbocycles. The highest BCUT2D eigenvalue weighted by molar-refractivity contribution is 6.21. The number of fused-ring (bicyclic) bond motifs is 6. The van der Waals surface area contributed by atoms with Crippen LogP contribution in [0.2, 0.25) is 0 Å². The minimum absolute atomic E-state index is 0.867. The third-order valence-electron chi connectivity index (χ3n) is 10.2. The fraction of sp³-hybridized carbons (Fsp3) is 0. The van der Waals surface area contributed by atoms with E-state index in [0.29, 0.717) is 0 Å². The highest BCUT2D eigenvalue weighted by Gasteiger charge is 2.26. The summed E-state index contributed by atoms with van der Waals surface area (Å²) in [7, 11) is 0. The van der Waals surface area contributed by atoms with Crippen LogP contribution in [0.3, 0.4) is 0 Å². The van der Waals surface area contributed by atoms with Crippen molar-refractivity contribution in [2.45, 2.75) is 0 Å².